The van der Waals surface area contributed by atoms with Crippen LogP contribution in [0.5, 0.6) is 0 Å². The molecule has 0 spiro atoms. The number of nitrogens with zero attached hydrogens (tertiary/aromatic N) is 2. The summed E-state index contributed by atoms with van der Waals surface area (Å²) in [5.74, 6) is 0. The average Bonchev–Trinajstić information content (AvgIpc) is 3.18. The lowest BCUT2D eigenvalue weighted by Crippen LogP contribution is -2.29. The van der Waals surface area contributed by atoms with E-state index < -0.39 is 0 Å². The van der Waals surface area contributed by atoms with Crippen molar-refractivity contribution in [2.75, 3.05) is 39.1 Å². The minimum atomic E-state index is 0.769. The van der Waals surface area contributed by atoms with E-state index in [1.807, 2.05) is 0 Å². The molecule has 1 aromatic carbocycles. The van der Waals surface area contributed by atoms with Gasteiger partial charge in [0.2, 0.25) is 0 Å². The summed E-state index contributed by atoms with van der Waals surface area (Å²) < 4.78 is 0. The van der Waals surface area contributed by atoms with Crippen molar-refractivity contribution < 1.29 is 0 Å². The Morgan fingerprint density at radius 3 is 2.50 bits per heavy atom. The lowest BCUT2D eigenvalue weighted by Gasteiger charge is -2.24. The van der Waals surface area contributed by atoms with Gasteiger partial charge in [0.25, 0.3) is 0 Å². The predicted octanol–water partition coefficient (Wildman–Crippen LogP) is 1.94. The second kappa shape index (κ2) is 6.21. The van der Waals surface area contributed by atoms with Crippen LogP contribution < -0.4 is 10.2 Å². The first-order valence-electron chi connectivity index (χ1n) is 6.84. The van der Waals surface area contributed by atoms with Crippen LogP contribution in [0.25, 0.3) is 0 Å². The van der Waals surface area contributed by atoms with Gasteiger partial charge in [-0.05, 0) is 38.6 Å². The molecule has 100 valence electrons. The molecule has 1 saturated carbocycles. The number of para-hydroxylation sites is 1. The lowest BCUT2D eigenvalue weighted by atomic mass is 10.1. The van der Waals surface area contributed by atoms with Crippen molar-refractivity contribution in [2.24, 2.45) is 0 Å². The van der Waals surface area contributed by atoms with Crippen molar-refractivity contribution in [3.63, 3.8) is 0 Å². The highest BCUT2D eigenvalue weighted by Gasteiger charge is 2.20. The topological polar surface area (TPSA) is 18.5 Å². The first kappa shape index (κ1) is 13.4. The second-order valence-electron chi connectivity index (χ2n) is 5.51. The van der Waals surface area contributed by atoms with Gasteiger partial charge in [0, 0.05) is 38.4 Å². The highest BCUT2D eigenvalue weighted by atomic mass is 15.2. The highest BCUT2D eigenvalue weighted by molar-refractivity contribution is 5.53. The zero-order valence-corrected chi connectivity index (χ0v) is 11.8. The summed E-state index contributed by atoms with van der Waals surface area (Å²) in [6.07, 6.45) is 2.69. The lowest BCUT2D eigenvalue weighted by molar-refractivity contribution is 0.416. The number of nitrogens with one attached hydrogen (secondary N) is 1. The van der Waals surface area contributed by atoms with Crippen LogP contribution in [0.3, 0.4) is 0 Å². The van der Waals surface area contributed by atoms with Gasteiger partial charge in [-0.15, -0.1) is 0 Å². The summed E-state index contributed by atoms with van der Waals surface area (Å²) in [6, 6.07) is 9.48. The number of likely N-dealkylation sites (N-methyl/N-ethyl adjacent to an activating group) is 2. The molecule has 0 amide bonds. The van der Waals surface area contributed by atoms with Crippen molar-refractivity contribution in [3.8, 4) is 0 Å². The van der Waals surface area contributed by atoms with Gasteiger partial charge in [0.1, 0.15) is 0 Å². The van der Waals surface area contributed by atoms with Crippen LogP contribution in [0, 0.1) is 0 Å². The van der Waals surface area contributed by atoms with Crippen LogP contribution in [-0.2, 0) is 6.54 Å². The van der Waals surface area contributed by atoms with Gasteiger partial charge < -0.3 is 15.1 Å². The van der Waals surface area contributed by atoms with Crippen LogP contribution in [-0.4, -0.2) is 45.2 Å². The molecule has 0 aliphatic heterocycles. The standard InChI is InChI=1S/C15H25N3/c1-17(2)10-11-18(3)15-7-5-4-6-13(15)12-16-14-8-9-14/h4-7,14,16H,8-12H2,1-3H3. The summed E-state index contributed by atoms with van der Waals surface area (Å²) in [4.78, 5) is 4.57. The molecule has 0 aromatic heterocycles. The van der Waals surface area contributed by atoms with Crippen LogP contribution in [0.15, 0.2) is 24.3 Å². The van der Waals surface area contributed by atoms with Crippen LogP contribution in [0.1, 0.15) is 18.4 Å². The fourth-order valence-corrected chi connectivity index (χ4v) is 2.04. The van der Waals surface area contributed by atoms with E-state index in [1.165, 1.54) is 24.1 Å². The molecule has 18 heavy (non-hydrogen) atoms. The quantitative estimate of drug-likeness (QED) is 0.794. The third kappa shape index (κ3) is 4.00. The molecule has 0 bridgehead atoms. The molecule has 3 nitrogen and oxygen atoms in total. The molecule has 0 unspecified atom stereocenters. The van der Waals surface area contributed by atoms with E-state index in [2.05, 4.69) is 60.5 Å². The Labute approximate surface area is 111 Å². The molecule has 2 rings (SSSR count). The number of anilines is 1. The molecule has 0 atom stereocenters. The molecule has 0 saturated heterocycles. The van der Waals surface area contributed by atoms with E-state index in [9.17, 15) is 0 Å². The van der Waals surface area contributed by atoms with Gasteiger partial charge in [-0.25, -0.2) is 0 Å². The second-order valence-corrected chi connectivity index (χ2v) is 5.51. The van der Waals surface area contributed by atoms with Gasteiger partial charge in [-0.1, -0.05) is 18.2 Å². The summed E-state index contributed by atoms with van der Waals surface area (Å²) in [6.45, 7) is 3.14. The number of benzene rings is 1. The van der Waals surface area contributed by atoms with Crippen molar-refractivity contribution in [3.05, 3.63) is 29.8 Å². The maximum absolute atomic E-state index is 3.60. The van der Waals surface area contributed by atoms with E-state index in [1.54, 1.807) is 0 Å². The first-order valence-corrected chi connectivity index (χ1v) is 6.84. The van der Waals surface area contributed by atoms with Crippen LogP contribution in [0.4, 0.5) is 5.69 Å². The van der Waals surface area contributed by atoms with E-state index in [0.717, 1.165) is 25.7 Å². The maximum Gasteiger partial charge on any atom is 0.0409 e. The molecule has 1 fully saturated rings. The Morgan fingerprint density at radius 1 is 1.11 bits per heavy atom. The third-order valence-electron chi connectivity index (χ3n) is 3.44. The van der Waals surface area contributed by atoms with E-state index >= 15 is 0 Å². The highest BCUT2D eigenvalue weighted by Crippen LogP contribution is 2.22. The van der Waals surface area contributed by atoms with Gasteiger partial charge >= 0.3 is 0 Å². The summed E-state index contributed by atoms with van der Waals surface area (Å²) >= 11 is 0. The Kier molecular flexibility index (Phi) is 4.61. The van der Waals surface area contributed by atoms with Gasteiger partial charge in [0.05, 0.1) is 0 Å². The van der Waals surface area contributed by atoms with Crippen LogP contribution in [0.2, 0.25) is 0 Å². The van der Waals surface area contributed by atoms with E-state index in [4.69, 9.17) is 0 Å². The van der Waals surface area contributed by atoms with E-state index in [0.29, 0.717) is 0 Å². The Bertz CT molecular complexity index is 372. The SMILES string of the molecule is CN(C)CCN(C)c1ccccc1CNC1CC1. The molecule has 0 radical (unpaired) electrons. The smallest absolute Gasteiger partial charge is 0.0409 e. The average molecular weight is 247 g/mol. The van der Waals surface area contributed by atoms with Crippen LogP contribution >= 0.6 is 0 Å². The minimum absolute atomic E-state index is 0.769. The normalized spacial score (nSPS) is 15.1. The first-order chi connectivity index (χ1) is 8.66. The maximum atomic E-state index is 3.60. The molecule has 1 N–H and O–H groups in total. The molecular formula is C15H25N3. The van der Waals surface area contributed by atoms with Gasteiger partial charge in [0.15, 0.2) is 0 Å². The number of rotatable bonds is 7. The minimum Gasteiger partial charge on any atom is -0.373 e. The van der Waals surface area contributed by atoms with E-state index in [-0.39, 0.29) is 0 Å². The Morgan fingerprint density at radius 2 is 1.83 bits per heavy atom. The molecule has 1 aromatic rings. The largest absolute Gasteiger partial charge is 0.373 e. The van der Waals surface area contributed by atoms with Gasteiger partial charge in [-0.3, -0.25) is 0 Å². The fourth-order valence-electron chi connectivity index (χ4n) is 2.04. The predicted molar refractivity (Wildman–Crippen MR) is 78.1 cm³/mol. The summed E-state index contributed by atoms with van der Waals surface area (Å²) in [5.41, 5.74) is 2.76. The van der Waals surface area contributed by atoms with Gasteiger partial charge in [-0.2, -0.15) is 0 Å². The van der Waals surface area contributed by atoms with Crippen molar-refractivity contribution in [2.45, 2.75) is 25.4 Å². The third-order valence-corrected chi connectivity index (χ3v) is 3.44. The zero-order chi connectivity index (χ0) is 13.0. The molecular weight excluding hydrogens is 222 g/mol. The zero-order valence-electron chi connectivity index (χ0n) is 11.8. The molecule has 0 heterocycles. The van der Waals surface area contributed by atoms with Crippen molar-refractivity contribution >= 4 is 5.69 Å². The number of hydrogen-bond donors (Lipinski definition) is 1. The Hall–Kier alpha value is -1.06. The van der Waals surface area contributed by atoms with Crippen molar-refractivity contribution in [1.82, 2.24) is 10.2 Å². The van der Waals surface area contributed by atoms with Crippen molar-refractivity contribution in [1.29, 1.82) is 0 Å². The molecule has 1 aliphatic carbocycles. The fraction of sp³-hybridized carbons (Fsp3) is 0.600. The Balaban J connectivity index is 1.95. The summed E-state index contributed by atoms with van der Waals surface area (Å²) in [7, 11) is 6.42. The summed E-state index contributed by atoms with van der Waals surface area (Å²) in [5, 5.41) is 3.60. The monoisotopic (exact) mass is 247 g/mol. The number of hydrogen-bond acceptors (Lipinski definition) is 3. The molecule has 1 aliphatic rings. The molecule has 3 heteroatoms.